The molecule has 168 valence electrons. The zero-order valence-corrected chi connectivity index (χ0v) is 22.6. The minimum absolute atomic E-state index is 0.216. The zero-order chi connectivity index (χ0) is 22.6. The van der Waals surface area contributed by atoms with E-state index < -0.39 is 8.07 Å². The molecule has 3 aromatic rings. The fraction of sp³-hybridized carbons (Fsp3) is 0.429. The first-order chi connectivity index (χ1) is 14.7. The van der Waals surface area contributed by atoms with Crippen LogP contribution >= 0.6 is 46.3 Å². The van der Waals surface area contributed by atoms with E-state index in [9.17, 15) is 0 Å². The average molecular weight is 516 g/mol. The Morgan fingerprint density at radius 3 is 2.58 bits per heavy atom. The summed E-state index contributed by atoms with van der Waals surface area (Å²) in [4.78, 5) is 10.4. The number of aryl methyl sites for hydroxylation is 1. The van der Waals surface area contributed by atoms with Crippen LogP contribution in [0.2, 0.25) is 35.0 Å². The third kappa shape index (κ3) is 6.73. The van der Waals surface area contributed by atoms with Gasteiger partial charge in [-0.2, -0.15) is 0 Å². The van der Waals surface area contributed by atoms with Gasteiger partial charge in [0, 0.05) is 25.8 Å². The summed E-state index contributed by atoms with van der Waals surface area (Å²) in [5.41, 5.74) is 0.981. The van der Waals surface area contributed by atoms with E-state index in [1.807, 2.05) is 31.2 Å². The van der Waals surface area contributed by atoms with Crippen molar-refractivity contribution in [2.75, 3.05) is 18.2 Å². The summed E-state index contributed by atoms with van der Waals surface area (Å²) < 4.78 is 9.00. The van der Waals surface area contributed by atoms with Gasteiger partial charge in [0.05, 0.1) is 20.1 Å². The molecule has 0 amide bonds. The smallest absolute Gasteiger partial charge is 0.139 e. The summed E-state index contributed by atoms with van der Waals surface area (Å²) in [6.07, 6.45) is 3.70. The maximum atomic E-state index is 6.27. The molecule has 10 heteroatoms. The van der Waals surface area contributed by atoms with Gasteiger partial charge in [0.1, 0.15) is 24.4 Å². The summed E-state index contributed by atoms with van der Waals surface area (Å²) in [5.74, 6) is 1.60. The molecule has 0 radical (unpaired) electrons. The molecule has 0 aliphatic rings. The Kier molecular flexibility index (Phi) is 8.51. The molecule has 1 N–H and O–H groups in total. The van der Waals surface area contributed by atoms with Crippen LogP contribution in [0.3, 0.4) is 0 Å². The Morgan fingerprint density at radius 1 is 1.23 bits per heavy atom. The minimum atomic E-state index is -1.15. The number of pyridine rings is 1. The molecule has 0 saturated carbocycles. The summed E-state index contributed by atoms with van der Waals surface area (Å²) in [6, 6.07) is 8.53. The van der Waals surface area contributed by atoms with Crippen LogP contribution in [0.4, 0.5) is 5.82 Å². The minimum Gasteiger partial charge on any atom is -0.361 e. The molecule has 0 aromatic carbocycles. The van der Waals surface area contributed by atoms with Crippen LogP contribution in [0.15, 0.2) is 35.5 Å². The number of anilines is 1. The standard InChI is InChI=1S/C21H28Cl2N4OS2Si/c1-14-21(29-2)27(13-28-10-11-31(3,4)5)20(25-14)19(16-7-8-17(23)30-16)26-18-9-6-15(22)12-24-18/h6-9,12,19H,10-11,13H2,1-5H3,(H,24,26). The van der Waals surface area contributed by atoms with E-state index in [4.69, 9.17) is 32.9 Å². The van der Waals surface area contributed by atoms with Gasteiger partial charge in [0.15, 0.2) is 0 Å². The number of ether oxygens (including phenoxy) is 1. The van der Waals surface area contributed by atoms with Crippen molar-refractivity contribution in [2.45, 2.75) is 50.4 Å². The maximum Gasteiger partial charge on any atom is 0.139 e. The maximum absolute atomic E-state index is 6.27. The molecule has 0 spiro atoms. The number of thioether (sulfide) groups is 1. The van der Waals surface area contributed by atoms with Crippen molar-refractivity contribution < 1.29 is 4.74 Å². The topological polar surface area (TPSA) is 52.0 Å². The van der Waals surface area contributed by atoms with E-state index in [0.717, 1.165) is 44.2 Å². The van der Waals surface area contributed by atoms with Gasteiger partial charge in [0.2, 0.25) is 0 Å². The van der Waals surface area contributed by atoms with Gasteiger partial charge in [-0.05, 0) is 43.5 Å². The first kappa shape index (κ1) is 24.6. The number of aromatic nitrogens is 3. The SMILES string of the molecule is CSc1c(C)nc(C(Nc2ccc(Cl)cn2)c2ccc(Cl)s2)n1COCC[Si](C)(C)C. The lowest BCUT2D eigenvalue weighted by atomic mass is 10.2. The van der Waals surface area contributed by atoms with E-state index in [2.05, 4.69) is 40.8 Å². The van der Waals surface area contributed by atoms with Gasteiger partial charge < -0.3 is 10.1 Å². The Balaban J connectivity index is 1.94. The van der Waals surface area contributed by atoms with Crippen LogP contribution in [-0.4, -0.2) is 35.5 Å². The molecule has 0 aliphatic heterocycles. The predicted octanol–water partition coefficient (Wildman–Crippen LogP) is 7.19. The largest absolute Gasteiger partial charge is 0.361 e. The highest BCUT2D eigenvalue weighted by atomic mass is 35.5. The molecule has 0 aliphatic carbocycles. The van der Waals surface area contributed by atoms with Crippen LogP contribution in [-0.2, 0) is 11.5 Å². The molecule has 0 bridgehead atoms. The van der Waals surface area contributed by atoms with Crippen molar-refractivity contribution in [1.82, 2.24) is 14.5 Å². The van der Waals surface area contributed by atoms with Crippen molar-refractivity contribution in [2.24, 2.45) is 0 Å². The van der Waals surface area contributed by atoms with Crippen molar-refractivity contribution in [3.63, 3.8) is 0 Å². The lowest BCUT2D eigenvalue weighted by molar-refractivity contribution is 0.0795. The number of thiophene rings is 1. The lowest BCUT2D eigenvalue weighted by Gasteiger charge is -2.21. The summed E-state index contributed by atoms with van der Waals surface area (Å²) in [7, 11) is -1.15. The average Bonchev–Trinajstić information content (AvgIpc) is 3.26. The number of rotatable bonds is 10. The van der Waals surface area contributed by atoms with E-state index in [-0.39, 0.29) is 6.04 Å². The number of hydrogen-bond acceptors (Lipinski definition) is 6. The van der Waals surface area contributed by atoms with Crippen LogP contribution in [0.5, 0.6) is 0 Å². The number of halogens is 2. The number of hydrogen-bond donors (Lipinski definition) is 1. The normalized spacial score (nSPS) is 12.9. The second kappa shape index (κ2) is 10.7. The lowest BCUT2D eigenvalue weighted by Crippen LogP contribution is -2.23. The van der Waals surface area contributed by atoms with E-state index in [1.54, 1.807) is 18.0 Å². The van der Waals surface area contributed by atoms with E-state index in [0.29, 0.717) is 11.8 Å². The van der Waals surface area contributed by atoms with E-state index >= 15 is 0 Å². The molecular weight excluding hydrogens is 487 g/mol. The third-order valence-electron chi connectivity index (χ3n) is 4.68. The van der Waals surface area contributed by atoms with E-state index in [1.165, 1.54) is 11.3 Å². The summed E-state index contributed by atoms with van der Waals surface area (Å²) in [6.45, 7) is 10.3. The van der Waals surface area contributed by atoms with Crippen molar-refractivity contribution in [3.8, 4) is 0 Å². The van der Waals surface area contributed by atoms with Crippen LogP contribution in [0, 0.1) is 6.92 Å². The van der Waals surface area contributed by atoms with Crippen LogP contribution in [0.1, 0.15) is 22.4 Å². The second-order valence-corrected chi connectivity index (χ2v) is 17.0. The molecule has 0 fully saturated rings. The van der Waals surface area contributed by atoms with Gasteiger partial charge >= 0.3 is 0 Å². The summed E-state index contributed by atoms with van der Waals surface area (Å²) in [5, 5.41) is 5.21. The quantitative estimate of drug-likeness (QED) is 0.176. The Labute approximate surface area is 203 Å². The van der Waals surface area contributed by atoms with Crippen molar-refractivity contribution in [1.29, 1.82) is 0 Å². The Bertz CT molecular complexity index is 1000. The molecule has 3 rings (SSSR count). The van der Waals surface area contributed by atoms with Crippen molar-refractivity contribution in [3.05, 3.63) is 56.2 Å². The fourth-order valence-electron chi connectivity index (χ4n) is 3.07. The van der Waals surface area contributed by atoms with Gasteiger partial charge in [0.25, 0.3) is 0 Å². The zero-order valence-electron chi connectivity index (χ0n) is 18.4. The fourth-order valence-corrected chi connectivity index (χ4v) is 5.76. The Morgan fingerprint density at radius 2 is 2.00 bits per heavy atom. The summed E-state index contributed by atoms with van der Waals surface area (Å²) >= 11 is 15.5. The predicted molar refractivity (Wildman–Crippen MR) is 137 cm³/mol. The number of nitrogens with zero attached hydrogens (tertiary/aromatic N) is 3. The third-order valence-corrected chi connectivity index (χ3v) is 8.81. The Hall–Kier alpha value is -1.03. The molecule has 0 saturated heterocycles. The van der Waals surface area contributed by atoms with Gasteiger partial charge in [-0.3, -0.25) is 4.57 Å². The molecule has 31 heavy (non-hydrogen) atoms. The molecule has 5 nitrogen and oxygen atoms in total. The van der Waals surface area contributed by atoms with Crippen molar-refractivity contribution >= 4 is 60.2 Å². The first-order valence-electron chi connectivity index (χ1n) is 10.00. The molecule has 1 atom stereocenters. The van der Waals surface area contributed by atoms with Crippen LogP contribution < -0.4 is 5.32 Å². The number of imidazole rings is 1. The van der Waals surface area contributed by atoms with Gasteiger partial charge in [-0.25, -0.2) is 9.97 Å². The number of nitrogens with one attached hydrogen (secondary N) is 1. The molecule has 3 aromatic heterocycles. The highest BCUT2D eigenvalue weighted by Gasteiger charge is 2.26. The second-order valence-electron chi connectivity index (χ2n) is 8.42. The van der Waals surface area contributed by atoms with Gasteiger partial charge in [-0.15, -0.1) is 23.1 Å². The molecular formula is C21H28Cl2N4OS2Si. The highest BCUT2D eigenvalue weighted by Crippen LogP contribution is 2.35. The monoisotopic (exact) mass is 514 g/mol. The highest BCUT2D eigenvalue weighted by molar-refractivity contribution is 7.98. The molecule has 3 heterocycles. The van der Waals surface area contributed by atoms with Gasteiger partial charge in [-0.1, -0.05) is 42.8 Å². The first-order valence-corrected chi connectivity index (χ1v) is 16.5. The van der Waals surface area contributed by atoms with Crippen LogP contribution in [0.25, 0.3) is 0 Å². The molecule has 1 unspecified atom stereocenters.